The van der Waals surface area contributed by atoms with Gasteiger partial charge in [0, 0.05) is 39.5 Å². The highest BCUT2D eigenvalue weighted by atomic mass is 31.2. The Kier molecular flexibility index (Phi) is 9.85. The van der Waals surface area contributed by atoms with Crippen LogP contribution in [-0.4, -0.2) is 25.5 Å². The Morgan fingerprint density at radius 3 is 1.91 bits per heavy atom. The van der Waals surface area contributed by atoms with Crippen LogP contribution in [-0.2, 0) is 11.2 Å². The summed E-state index contributed by atoms with van der Waals surface area (Å²) in [6, 6.07) is 28.3. The number of methoxy groups -OCH3 is 2. The molecule has 0 bridgehead atoms. The van der Waals surface area contributed by atoms with Gasteiger partial charge < -0.3 is 24.5 Å². The first-order valence-electron chi connectivity index (χ1n) is 16.5. The molecule has 6 rings (SSSR count). The molecule has 0 radical (unpaired) electrons. The van der Waals surface area contributed by atoms with E-state index in [0.29, 0.717) is 23.8 Å². The second-order valence-electron chi connectivity index (χ2n) is 12.6. The largest absolute Gasteiger partial charge is 0.497 e. The first-order chi connectivity index (χ1) is 22.0. The standard InChI is InChI=1S/C39H46NO4P/c1-42-30-23-21-29(22-24-30)34-19-12-20-35(40)38(34)39-36(44-27-28-13-6-3-7-14-28)25-31(43-2)26-37(39)45(41,32-15-8-4-9-16-32)33-17-10-5-11-18-33/h3,6-7,12-14,19-26,32-33H,4-5,8-11,15-18,27,40H2,1-2H3. The molecule has 0 spiro atoms. The van der Waals surface area contributed by atoms with Crippen molar-refractivity contribution in [1.82, 2.24) is 0 Å². The maximum absolute atomic E-state index is 16.3. The fourth-order valence-electron chi connectivity index (χ4n) is 7.55. The van der Waals surface area contributed by atoms with Gasteiger partial charge in [-0.05, 0) is 66.6 Å². The molecule has 2 aliphatic rings. The SMILES string of the molecule is COc1ccc(-c2cccc(N)c2-c2c(OCc3ccccc3)cc(OC)cc2P(=O)(C2CCCCC2)C2CCCCC2)cc1. The van der Waals surface area contributed by atoms with E-state index in [-0.39, 0.29) is 11.3 Å². The molecule has 2 aliphatic carbocycles. The molecule has 5 nitrogen and oxygen atoms in total. The van der Waals surface area contributed by atoms with Crippen molar-refractivity contribution < 1.29 is 18.8 Å². The van der Waals surface area contributed by atoms with Crippen molar-refractivity contribution in [1.29, 1.82) is 0 Å². The minimum Gasteiger partial charge on any atom is -0.497 e. The van der Waals surface area contributed by atoms with Crippen LogP contribution in [0.1, 0.15) is 69.8 Å². The predicted molar refractivity (Wildman–Crippen MR) is 187 cm³/mol. The Bertz CT molecular complexity index is 1600. The van der Waals surface area contributed by atoms with E-state index in [1.165, 1.54) is 12.8 Å². The highest BCUT2D eigenvalue weighted by molar-refractivity contribution is 7.73. The number of benzene rings is 4. The Labute approximate surface area is 268 Å². The molecule has 0 atom stereocenters. The van der Waals surface area contributed by atoms with Gasteiger partial charge in [-0.2, -0.15) is 0 Å². The Morgan fingerprint density at radius 2 is 1.31 bits per heavy atom. The number of hydrogen-bond acceptors (Lipinski definition) is 5. The fraction of sp³-hybridized carbons (Fsp3) is 0.385. The van der Waals surface area contributed by atoms with Gasteiger partial charge >= 0.3 is 0 Å². The molecule has 2 N–H and O–H groups in total. The number of hydrogen-bond donors (Lipinski definition) is 1. The van der Waals surface area contributed by atoms with Crippen LogP contribution in [0.15, 0.2) is 84.9 Å². The van der Waals surface area contributed by atoms with Crippen LogP contribution >= 0.6 is 7.14 Å². The summed E-state index contributed by atoms with van der Waals surface area (Å²) in [5.74, 6) is 2.12. The van der Waals surface area contributed by atoms with Gasteiger partial charge in [0.05, 0.1) is 14.2 Å². The first kappa shape index (κ1) is 31.3. The molecule has 0 saturated heterocycles. The average Bonchev–Trinajstić information content (AvgIpc) is 3.11. The second-order valence-corrected chi connectivity index (χ2v) is 15.9. The zero-order valence-electron chi connectivity index (χ0n) is 26.7. The van der Waals surface area contributed by atoms with E-state index in [2.05, 4.69) is 36.4 Å². The summed E-state index contributed by atoms with van der Waals surface area (Å²) in [5.41, 5.74) is 12.7. The summed E-state index contributed by atoms with van der Waals surface area (Å²) in [7, 11) is 0.394. The number of nitrogen functional groups attached to an aromatic ring is 1. The summed E-state index contributed by atoms with van der Waals surface area (Å²) >= 11 is 0. The van der Waals surface area contributed by atoms with Crippen molar-refractivity contribution in [2.75, 3.05) is 20.0 Å². The molecule has 0 aromatic heterocycles. The van der Waals surface area contributed by atoms with E-state index in [9.17, 15) is 0 Å². The third kappa shape index (κ3) is 6.51. The predicted octanol–water partition coefficient (Wildman–Crippen LogP) is 9.85. The number of rotatable bonds is 10. The molecular formula is C39H46NO4P. The van der Waals surface area contributed by atoms with E-state index in [1.807, 2.05) is 48.5 Å². The van der Waals surface area contributed by atoms with Crippen molar-refractivity contribution in [3.8, 4) is 39.5 Å². The number of nitrogens with two attached hydrogens (primary N) is 1. The lowest BCUT2D eigenvalue weighted by Gasteiger charge is -2.40. The van der Waals surface area contributed by atoms with E-state index in [4.69, 9.17) is 19.9 Å². The summed E-state index contributed by atoms with van der Waals surface area (Å²) in [4.78, 5) is 0. The molecule has 6 heteroatoms. The van der Waals surface area contributed by atoms with Gasteiger partial charge in [0.2, 0.25) is 0 Å². The van der Waals surface area contributed by atoms with Gasteiger partial charge in [-0.1, -0.05) is 93.1 Å². The molecule has 0 amide bonds. The van der Waals surface area contributed by atoms with Crippen molar-refractivity contribution >= 4 is 18.1 Å². The van der Waals surface area contributed by atoms with E-state index in [0.717, 1.165) is 90.2 Å². The maximum atomic E-state index is 16.3. The van der Waals surface area contributed by atoms with Gasteiger partial charge in [-0.3, -0.25) is 0 Å². The lowest BCUT2D eigenvalue weighted by molar-refractivity contribution is 0.305. The van der Waals surface area contributed by atoms with E-state index >= 15 is 4.57 Å². The average molecular weight is 624 g/mol. The number of ether oxygens (including phenoxy) is 3. The fourth-order valence-corrected chi connectivity index (χ4v) is 12.1. The maximum Gasteiger partial charge on any atom is 0.132 e. The number of anilines is 1. The molecular weight excluding hydrogens is 577 g/mol. The Balaban J connectivity index is 1.63. The van der Waals surface area contributed by atoms with Gasteiger partial charge in [-0.25, -0.2) is 0 Å². The Hall–Kier alpha value is -3.69. The minimum atomic E-state index is -2.97. The van der Waals surface area contributed by atoms with Crippen LogP contribution in [0.25, 0.3) is 22.3 Å². The zero-order chi connectivity index (χ0) is 31.2. The van der Waals surface area contributed by atoms with Gasteiger partial charge in [0.25, 0.3) is 0 Å². The first-order valence-corrected chi connectivity index (χ1v) is 18.4. The molecule has 4 aromatic rings. The van der Waals surface area contributed by atoms with Crippen molar-refractivity contribution in [2.24, 2.45) is 0 Å². The quantitative estimate of drug-likeness (QED) is 0.141. The van der Waals surface area contributed by atoms with Gasteiger partial charge in [0.1, 0.15) is 31.0 Å². The zero-order valence-corrected chi connectivity index (χ0v) is 27.6. The second kappa shape index (κ2) is 14.2. The third-order valence-electron chi connectivity index (χ3n) is 9.89. The van der Waals surface area contributed by atoms with Gasteiger partial charge in [0.15, 0.2) is 0 Å². The molecule has 2 saturated carbocycles. The van der Waals surface area contributed by atoms with Crippen LogP contribution in [0.2, 0.25) is 0 Å². The van der Waals surface area contributed by atoms with Crippen LogP contribution in [0.3, 0.4) is 0 Å². The summed E-state index contributed by atoms with van der Waals surface area (Å²) in [5, 5.41) is 0.886. The van der Waals surface area contributed by atoms with E-state index < -0.39 is 7.14 Å². The van der Waals surface area contributed by atoms with Crippen LogP contribution in [0.5, 0.6) is 17.2 Å². The molecule has 0 unspecified atom stereocenters. The highest BCUT2D eigenvalue weighted by Gasteiger charge is 2.45. The monoisotopic (exact) mass is 623 g/mol. The van der Waals surface area contributed by atoms with Crippen molar-refractivity contribution in [3.63, 3.8) is 0 Å². The molecule has 0 heterocycles. The van der Waals surface area contributed by atoms with Crippen molar-refractivity contribution in [3.05, 3.63) is 90.5 Å². The summed E-state index contributed by atoms with van der Waals surface area (Å²) in [6.45, 7) is 0.377. The van der Waals surface area contributed by atoms with Crippen LogP contribution in [0.4, 0.5) is 5.69 Å². The molecule has 45 heavy (non-hydrogen) atoms. The molecule has 4 aromatic carbocycles. The normalized spacial score (nSPS) is 16.3. The van der Waals surface area contributed by atoms with Crippen LogP contribution in [0, 0.1) is 0 Å². The lowest BCUT2D eigenvalue weighted by atomic mass is 9.92. The molecule has 236 valence electrons. The van der Waals surface area contributed by atoms with Crippen molar-refractivity contribution in [2.45, 2.75) is 82.1 Å². The highest BCUT2D eigenvalue weighted by Crippen LogP contribution is 2.64. The van der Waals surface area contributed by atoms with Crippen LogP contribution < -0.4 is 25.2 Å². The minimum absolute atomic E-state index is 0.150. The molecule has 2 fully saturated rings. The topological polar surface area (TPSA) is 70.8 Å². The van der Waals surface area contributed by atoms with E-state index in [1.54, 1.807) is 14.2 Å². The summed E-state index contributed by atoms with van der Waals surface area (Å²) < 4.78 is 34.4. The molecule has 0 aliphatic heterocycles. The lowest BCUT2D eigenvalue weighted by Crippen LogP contribution is -2.31. The third-order valence-corrected chi connectivity index (χ3v) is 14.2. The smallest absolute Gasteiger partial charge is 0.132 e. The summed E-state index contributed by atoms with van der Waals surface area (Å²) in [6.07, 6.45) is 10.9. The van der Waals surface area contributed by atoms with Gasteiger partial charge in [-0.15, -0.1) is 0 Å². The Morgan fingerprint density at radius 1 is 0.689 bits per heavy atom.